The van der Waals surface area contributed by atoms with Gasteiger partial charge in [-0.15, -0.1) is 0 Å². The van der Waals surface area contributed by atoms with Crippen LogP contribution in [0.25, 0.3) is 0 Å². The van der Waals surface area contributed by atoms with Crippen LogP contribution in [0.15, 0.2) is 53.9 Å². The number of amides is 1. The first-order valence-electron chi connectivity index (χ1n) is 9.69. The first kappa shape index (κ1) is 20.4. The third kappa shape index (κ3) is 5.58. The van der Waals surface area contributed by atoms with Crippen molar-refractivity contribution in [2.75, 3.05) is 32.8 Å². The monoisotopic (exact) mass is 388 g/mol. The Balaban J connectivity index is 1.46. The lowest BCUT2D eigenvalue weighted by molar-refractivity contribution is 0.0648. The van der Waals surface area contributed by atoms with E-state index in [1.165, 1.54) is 4.90 Å². The maximum atomic E-state index is 11.6. The molecule has 1 aromatic carbocycles. The van der Waals surface area contributed by atoms with Crippen LogP contribution >= 0.6 is 0 Å². The summed E-state index contributed by atoms with van der Waals surface area (Å²) < 4.78 is 11.3. The number of β-amino-alcohol motifs (C(OH)–C–C–N with tert-alkyl or cyclic N) is 1. The van der Waals surface area contributed by atoms with Gasteiger partial charge in [0.15, 0.2) is 5.88 Å². The summed E-state index contributed by atoms with van der Waals surface area (Å²) in [4.78, 5) is 12.8. The van der Waals surface area contributed by atoms with Crippen LogP contribution in [0.2, 0.25) is 0 Å². The lowest BCUT2D eigenvalue weighted by Crippen LogP contribution is -2.44. The summed E-state index contributed by atoms with van der Waals surface area (Å²) in [6.07, 6.45) is 3.49. The van der Waals surface area contributed by atoms with Gasteiger partial charge >= 0.3 is 6.09 Å². The number of piperidine rings is 1. The Labute approximate surface area is 165 Å². The van der Waals surface area contributed by atoms with E-state index in [9.17, 15) is 15.0 Å². The van der Waals surface area contributed by atoms with Crippen LogP contribution in [-0.4, -0.2) is 60.2 Å². The molecule has 0 bridgehead atoms. The molecule has 0 saturated carbocycles. The van der Waals surface area contributed by atoms with Crippen molar-refractivity contribution in [2.24, 2.45) is 5.92 Å². The first-order valence-corrected chi connectivity index (χ1v) is 9.69. The van der Waals surface area contributed by atoms with Crippen LogP contribution in [0.1, 0.15) is 18.4 Å². The fraction of sp³-hybridized carbons (Fsp3) is 0.476. The second kappa shape index (κ2) is 10.3. The molecule has 2 heterocycles. The smallest absolute Gasteiger partial charge is 0.414 e. The van der Waals surface area contributed by atoms with Gasteiger partial charge in [-0.2, -0.15) is 0 Å². The zero-order chi connectivity index (χ0) is 19.8. The Kier molecular flexibility index (Phi) is 7.47. The van der Waals surface area contributed by atoms with Crippen LogP contribution in [0.4, 0.5) is 4.79 Å². The minimum absolute atomic E-state index is 0.0210. The normalized spacial score (nSPS) is 22.4. The molecule has 2 unspecified atom stereocenters. The summed E-state index contributed by atoms with van der Waals surface area (Å²) in [5.74, 6) is 0.301. The van der Waals surface area contributed by atoms with Gasteiger partial charge in [0.2, 0.25) is 0 Å². The number of nitrogens with one attached hydrogen (secondary N) is 1. The summed E-state index contributed by atoms with van der Waals surface area (Å²) in [6, 6.07) is 9.94. The minimum Gasteiger partial charge on any atom is -0.479 e. The first-order chi connectivity index (χ1) is 13.6. The molecule has 3 N–H and O–H groups in total. The van der Waals surface area contributed by atoms with Crippen LogP contribution in [0.5, 0.6) is 0 Å². The third-order valence-electron chi connectivity index (χ3n) is 5.00. The largest absolute Gasteiger partial charge is 0.479 e. The van der Waals surface area contributed by atoms with E-state index in [2.05, 4.69) is 5.32 Å². The predicted octanol–water partition coefficient (Wildman–Crippen LogP) is 2.34. The highest BCUT2D eigenvalue weighted by Crippen LogP contribution is 2.27. The quantitative estimate of drug-likeness (QED) is 0.592. The van der Waals surface area contributed by atoms with E-state index in [1.807, 2.05) is 36.4 Å². The van der Waals surface area contributed by atoms with Gasteiger partial charge in [-0.1, -0.05) is 36.4 Å². The Bertz CT molecular complexity index is 704. The van der Waals surface area contributed by atoms with Gasteiger partial charge in [-0.05, 0) is 30.2 Å². The zero-order valence-corrected chi connectivity index (χ0v) is 15.9. The van der Waals surface area contributed by atoms with Crippen LogP contribution in [-0.2, 0) is 16.1 Å². The van der Waals surface area contributed by atoms with E-state index >= 15 is 0 Å². The molecule has 1 amide bonds. The maximum Gasteiger partial charge on any atom is 0.414 e. The Morgan fingerprint density at radius 3 is 2.79 bits per heavy atom. The van der Waals surface area contributed by atoms with Crippen molar-refractivity contribution < 1.29 is 24.5 Å². The fourth-order valence-corrected chi connectivity index (χ4v) is 3.49. The highest BCUT2D eigenvalue weighted by molar-refractivity contribution is 5.68. The van der Waals surface area contributed by atoms with E-state index in [-0.39, 0.29) is 12.5 Å². The summed E-state index contributed by atoms with van der Waals surface area (Å²) >= 11 is 0. The van der Waals surface area contributed by atoms with E-state index in [1.54, 1.807) is 6.08 Å². The molecule has 7 nitrogen and oxygen atoms in total. The second-order valence-corrected chi connectivity index (χ2v) is 7.02. The van der Waals surface area contributed by atoms with Crippen molar-refractivity contribution in [2.45, 2.75) is 25.6 Å². The molecule has 0 aromatic heterocycles. The van der Waals surface area contributed by atoms with Crippen molar-refractivity contribution >= 4 is 6.09 Å². The van der Waals surface area contributed by atoms with E-state index < -0.39 is 12.2 Å². The van der Waals surface area contributed by atoms with Gasteiger partial charge in [0.05, 0.1) is 32.5 Å². The summed E-state index contributed by atoms with van der Waals surface area (Å²) in [7, 11) is 0. The highest BCUT2D eigenvalue weighted by atomic mass is 16.5. The molecule has 1 fully saturated rings. The van der Waals surface area contributed by atoms with E-state index in [0.29, 0.717) is 38.7 Å². The zero-order valence-electron chi connectivity index (χ0n) is 15.9. The molecule has 1 aromatic rings. The van der Waals surface area contributed by atoms with Gasteiger partial charge in [0.25, 0.3) is 0 Å². The number of carboxylic acid groups (broad SMARTS) is 1. The molecule has 0 aliphatic carbocycles. The van der Waals surface area contributed by atoms with Crippen LogP contribution < -0.4 is 5.32 Å². The molecule has 2 aliphatic heterocycles. The van der Waals surface area contributed by atoms with Crippen LogP contribution in [0, 0.1) is 5.92 Å². The number of benzene rings is 1. The van der Waals surface area contributed by atoms with Crippen molar-refractivity contribution in [1.82, 2.24) is 10.2 Å². The lowest BCUT2D eigenvalue weighted by atomic mass is 9.86. The minimum atomic E-state index is -1.05. The molecule has 2 aliphatic rings. The number of rotatable bonds is 8. The molecule has 1 saturated heterocycles. The van der Waals surface area contributed by atoms with Crippen LogP contribution in [0.3, 0.4) is 0 Å². The van der Waals surface area contributed by atoms with Gasteiger partial charge in [-0.25, -0.2) is 9.69 Å². The molecule has 3 rings (SSSR count). The summed E-state index contributed by atoms with van der Waals surface area (Å²) in [6.45, 7) is 3.05. The maximum absolute atomic E-state index is 11.6. The lowest BCUT2D eigenvalue weighted by Gasteiger charge is -2.34. The molecule has 2 atom stereocenters. The van der Waals surface area contributed by atoms with Crippen molar-refractivity contribution in [3.8, 4) is 0 Å². The molecule has 152 valence electrons. The van der Waals surface area contributed by atoms with Gasteiger partial charge < -0.3 is 25.0 Å². The van der Waals surface area contributed by atoms with E-state index in [0.717, 1.165) is 24.1 Å². The number of allylic oxidation sites excluding steroid dienone is 2. The van der Waals surface area contributed by atoms with Crippen molar-refractivity contribution in [3.05, 3.63) is 59.5 Å². The standard InChI is InChI=1S/C21H28N2O5/c24-19-13-22-10-9-18(19)17-7-8-20(23(14-17)21(25)26)28-12-4-11-27-15-16-5-2-1-3-6-16/h1-3,5-8,18-19,22,24H,4,9-15H2,(H,25,26). The number of hydrogen-bond donors (Lipinski definition) is 3. The number of hydrogen-bond acceptors (Lipinski definition) is 5. The van der Waals surface area contributed by atoms with Crippen molar-refractivity contribution in [3.63, 3.8) is 0 Å². The van der Waals surface area contributed by atoms with Crippen molar-refractivity contribution in [1.29, 1.82) is 0 Å². The third-order valence-corrected chi connectivity index (χ3v) is 5.00. The van der Waals surface area contributed by atoms with Gasteiger partial charge in [-0.3, -0.25) is 0 Å². The Hall–Kier alpha value is -2.35. The molecular formula is C21H28N2O5. The van der Waals surface area contributed by atoms with E-state index in [4.69, 9.17) is 9.47 Å². The molecule has 7 heteroatoms. The average Bonchev–Trinajstić information content (AvgIpc) is 2.72. The average molecular weight is 388 g/mol. The number of ether oxygens (including phenoxy) is 2. The second-order valence-electron chi connectivity index (χ2n) is 7.02. The number of nitrogens with zero attached hydrogens (tertiary/aromatic N) is 1. The highest BCUT2D eigenvalue weighted by Gasteiger charge is 2.31. The van der Waals surface area contributed by atoms with Gasteiger partial charge in [0.1, 0.15) is 0 Å². The Morgan fingerprint density at radius 1 is 1.21 bits per heavy atom. The van der Waals surface area contributed by atoms with Gasteiger partial charge in [0, 0.05) is 18.9 Å². The number of aliphatic hydroxyl groups excluding tert-OH is 1. The summed E-state index contributed by atoms with van der Waals surface area (Å²) in [5.41, 5.74) is 2.04. The number of aliphatic hydroxyl groups is 1. The SMILES string of the molecule is O=C(O)N1CC(C2CCNCC2O)=CC=C1OCCCOCc1ccccc1. The Morgan fingerprint density at radius 2 is 2.04 bits per heavy atom. The topological polar surface area (TPSA) is 91.3 Å². The molecule has 28 heavy (non-hydrogen) atoms. The molecule has 0 spiro atoms. The fourth-order valence-electron chi connectivity index (χ4n) is 3.49. The summed E-state index contributed by atoms with van der Waals surface area (Å²) in [5, 5.41) is 22.9. The molecule has 0 radical (unpaired) electrons. The predicted molar refractivity (Wildman–Crippen MR) is 105 cm³/mol. The number of carbonyl (C=O) groups is 1. The molecular weight excluding hydrogens is 360 g/mol.